The number of nitrogens with zero attached hydrogens (tertiary/aromatic N) is 2. The fourth-order valence-electron chi connectivity index (χ4n) is 2.12. The minimum atomic E-state index is -0.241. The number of anilines is 2. The third-order valence-electron chi connectivity index (χ3n) is 2.87. The number of halogens is 1. The molecular weight excluding hydrogens is 203 g/mol. The van der Waals surface area contributed by atoms with E-state index >= 15 is 0 Å². The first kappa shape index (κ1) is 9.33. The summed E-state index contributed by atoms with van der Waals surface area (Å²) in [4.78, 5) is 6.26. The second-order valence-corrected chi connectivity index (χ2v) is 3.86. The monoisotopic (exact) mass is 214 g/mol. The van der Waals surface area contributed by atoms with E-state index < -0.39 is 0 Å². The van der Waals surface area contributed by atoms with Crippen molar-refractivity contribution in [2.45, 2.75) is 6.42 Å². The first-order valence-electron chi connectivity index (χ1n) is 5.31. The summed E-state index contributed by atoms with van der Waals surface area (Å²) in [5.41, 5.74) is 2.44. The molecule has 2 aromatic rings. The molecule has 0 spiro atoms. The predicted molar refractivity (Wildman–Crippen MR) is 61.3 cm³/mol. The van der Waals surface area contributed by atoms with E-state index in [1.807, 2.05) is 12.1 Å². The molecular formula is C13H11FN2. The fourth-order valence-corrected chi connectivity index (χ4v) is 2.12. The van der Waals surface area contributed by atoms with Gasteiger partial charge in [-0.1, -0.05) is 18.2 Å². The molecule has 80 valence electrons. The standard InChI is InChI=1S/C13H11FN2/c14-11-5-7-15-13(9-11)16-8-6-10-3-1-2-4-12(10)16/h1-5,7,9H,6,8H2. The topological polar surface area (TPSA) is 16.1 Å². The van der Waals surface area contributed by atoms with Gasteiger partial charge in [0, 0.05) is 24.5 Å². The Labute approximate surface area is 93.4 Å². The summed E-state index contributed by atoms with van der Waals surface area (Å²) in [6.45, 7) is 0.871. The molecule has 2 nitrogen and oxygen atoms in total. The average molecular weight is 214 g/mol. The second kappa shape index (κ2) is 3.59. The van der Waals surface area contributed by atoms with Gasteiger partial charge >= 0.3 is 0 Å². The molecule has 0 saturated heterocycles. The summed E-state index contributed by atoms with van der Waals surface area (Å²) in [6.07, 6.45) is 2.50. The molecule has 0 atom stereocenters. The van der Waals surface area contributed by atoms with Crippen molar-refractivity contribution in [2.75, 3.05) is 11.4 Å². The largest absolute Gasteiger partial charge is 0.326 e. The molecule has 3 heteroatoms. The normalized spacial score (nSPS) is 13.9. The van der Waals surface area contributed by atoms with Gasteiger partial charge in [-0.25, -0.2) is 9.37 Å². The van der Waals surface area contributed by atoms with Gasteiger partial charge in [-0.05, 0) is 24.1 Å². The van der Waals surface area contributed by atoms with Crippen molar-refractivity contribution in [3.05, 3.63) is 54.0 Å². The second-order valence-electron chi connectivity index (χ2n) is 3.86. The molecule has 16 heavy (non-hydrogen) atoms. The minimum absolute atomic E-state index is 0.241. The van der Waals surface area contributed by atoms with E-state index in [0.29, 0.717) is 5.82 Å². The van der Waals surface area contributed by atoms with E-state index in [-0.39, 0.29) is 5.82 Å². The molecule has 0 saturated carbocycles. The lowest BCUT2D eigenvalue weighted by atomic mass is 10.2. The maximum absolute atomic E-state index is 13.1. The summed E-state index contributed by atoms with van der Waals surface area (Å²) in [5.74, 6) is 0.444. The average Bonchev–Trinajstić information content (AvgIpc) is 2.72. The Morgan fingerprint density at radius 2 is 2.06 bits per heavy atom. The van der Waals surface area contributed by atoms with E-state index in [4.69, 9.17) is 0 Å². The molecule has 0 unspecified atom stereocenters. The van der Waals surface area contributed by atoms with Gasteiger partial charge < -0.3 is 4.90 Å². The third kappa shape index (κ3) is 1.45. The Bertz CT molecular complexity index is 525. The van der Waals surface area contributed by atoms with E-state index in [2.05, 4.69) is 22.0 Å². The number of pyridine rings is 1. The number of hydrogen-bond acceptors (Lipinski definition) is 2. The minimum Gasteiger partial charge on any atom is -0.326 e. The lowest BCUT2D eigenvalue weighted by Gasteiger charge is -2.17. The van der Waals surface area contributed by atoms with Gasteiger partial charge in [-0.15, -0.1) is 0 Å². The fraction of sp³-hybridized carbons (Fsp3) is 0.154. The SMILES string of the molecule is Fc1ccnc(N2CCc3ccccc32)c1. The van der Waals surface area contributed by atoms with E-state index in [1.165, 1.54) is 23.9 Å². The van der Waals surface area contributed by atoms with Crippen LogP contribution >= 0.6 is 0 Å². The Kier molecular flexibility index (Phi) is 2.10. The molecule has 1 aromatic carbocycles. The van der Waals surface area contributed by atoms with Crippen molar-refractivity contribution < 1.29 is 4.39 Å². The van der Waals surface area contributed by atoms with Crippen molar-refractivity contribution in [1.82, 2.24) is 4.98 Å². The number of para-hydroxylation sites is 1. The lowest BCUT2D eigenvalue weighted by molar-refractivity contribution is 0.625. The van der Waals surface area contributed by atoms with E-state index in [0.717, 1.165) is 18.7 Å². The molecule has 1 aliphatic heterocycles. The van der Waals surface area contributed by atoms with Crippen molar-refractivity contribution in [2.24, 2.45) is 0 Å². The van der Waals surface area contributed by atoms with Crippen molar-refractivity contribution in [3.63, 3.8) is 0 Å². The van der Waals surface area contributed by atoms with Crippen LogP contribution < -0.4 is 4.90 Å². The van der Waals surface area contributed by atoms with Crippen molar-refractivity contribution in [3.8, 4) is 0 Å². The maximum atomic E-state index is 13.1. The number of fused-ring (bicyclic) bond motifs is 1. The van der Waals surface area contributed by atoms with Crippen LogP contribution in [0.2, 0.25) is 0 Å². The van der Waals surface area contributed by atoms with Crippen LogP contribution in [0, 0.1) is 5.82 Å². The summed E-state index contributed by atoms with van der Waals surface area (Å²) in [6, 6.07) is 11.0. The van der Waals surface area contributed by atoms with Gasteiger partial charge in [-0.2, -0.15) is 0 Å². The molecule has 1 aromatic heterocycles. The summed E-state index contributed by atoms with van der Waals surface area (Å²) >= 11 is 0. The summed E-state index contributed by atoms with van der Waals surface area (Å²) in [7, 11) is 0. The zero-order chi connectivity index (χ0) is 11.0. The smallest absolute Gasteiger partial charge is 0.135 e. The third-order valence-corrected chi connectivity index (χ3v) is 2.87. The molecule has 0 fully saturated rings. The number of aromatic nitrogens is 1. The van der Waals surface area contributed by atoms with Gasteiger partial charge in [0.15, 0.2) is 0 Å². The highest BCUT2D eigenvalue weighted by Crippen LogP contribution is 2.32. The molecule has 2 heterocycles. The Balaban J connectivity index is 2.05. The quantitative estimate of drug-likeness (QED) is 0.725. The Hall–Kier alpha value is -1.90. The van der Waals surface area contributed by atoms with Gasteiger partial charge in [0.05, 0.1) is 0 Å². The van der Waals surface area contributed by atoms with Crippen LogP contribution in [-0.2, 0) is 6.42 Å². The van der Waals surface area contributed by atoms with Crippen molar-refractivity contribution in [1.29, 1.82) is 0 Å². The molecule has 0 aliphatic carbocycles. The molecule has 0 N–H and O–H groups in total. The molecule has 0 amide bonds. The Morgan fingerprint density at radius 1 is 1.19 bits per heavy atom. The van der Waals surface area contributed by atoms with Gasteiger partial charge in [0.25, 0.3) is 0 Å². The van der Waals surface area contributed by atoms with Crippen LogP contribution in [-0.4, -0.2) is 11.5 Å². The predicted octanol–water partition coefficient (Wildman–Crippen LogP) is 2.91. The number of hydrogen-bond donors (Lipinski definition) is 0. The Morgan fingerprint density at radius 3 is 2.94 bits per heavy atom. The van der Waals surface area contributed by atoms with E-state index in [9.17, 15) is 4.39 Å². The zero-order valence-electron chi connectivity index (χ0n) is 8.73. The van der Waals surface area contributed by atoms with Crippen LogP contribution in [0.15, 0.2) is 42.6 Å². The van der Waals surface area contributed by atoms with Crippen LogP contribution in [0.25, 0.3) is 0 Å². The first-order chi connectivity index (χ1) is 7.84. The molecule has 0 radical (unpaired) electrons. The number of benzene rings is 1. The van der Waals surface area contributed by atoms with Crippen LogP contribution in [0.3, 0.4) is 0 Å². The number of rotatable bonds is 1. The maximum Gasteiger partial charge on any atom is 0.135 e. The van der Waals surface area contributed by atoms with Gasteiger partial charge in [0.1, 0.15) is 11.6 Å². The molecule has 0 bridgehead atoms. The zero-order valence-corrected chi connectivity index (χ0v) is 8.73. The van der Waals surface area contributed by atoms with Crippen molar-refractivity contribution >= 4 is 11.5 Å². The molecule has 1 aliphatic rings. The highest BCUT2D eigenvalue weighted by Gasteiger charge is 2.20. The van der Waals surface area contributed by atoms with E-state index in [1.54, 1.807) is 0 Å². The van der Waals surface area contributed by atoms with Crippen LogP contribution in [0.5, 0.6) is 0 Å². The highest BCUT2D eigenvalue weighted by molar-refractivity contribution is 5.67. The molecule has 3 rings (SSSR count). The van der Waals surface area contributed by atoms with Crippen LogP contribution in [0.1, 0.15) is 5.56 Å². The summed E-state index contributed by atoms with van der Waals surface area (Å²) < 4.78 is 13.1. The van der Waals surface area contributed by atoms with Crippen LogP contribution in [0.4, 0.5) is 15.9 Å². The van der Waals surface area contributed by atoms with Gasteiger partial charge in [-0.3, -0.25) is 0 Å². The first-order valence-corrected chi connectivity index (χ1v) is 5.31. The lowest BCUT2D eigenvalue weighted by Crippen LogP contribution is -2.14. The van der Waals surface area contributed by atoms with Gasteiger partial charge in [0.2, 0.25) is 0 Å². The highest BCUT2D eigenvalue weighted by atomic mass is 19.1. The summed E-state index contributed by atoms with van der Waals surface area (Å²) in [5, 5.41) is 0.